The van der Waals surface area contributed by atoms with Gasteiger partial charge in [-0.05, 0) is 6.07 Å². The van der Waals surface area contributed by atoms with Gasteiger partial charge in [0, 0.05) is 31.6 Å². The number of hydrogen-bond acceptors (Lipinski definition) is 6. The smallest absolute Gasteiger partial charge is 0.471 e. The topological polar surface area (TPSA) is 80.5 Å². The average Bonchev–Trinajstić information content (AvgIpc) is 2.96. The molecule has 0 saturated carbocycles. The van der Waals surface area contributed by atoms with Gasteiger partial charge in [0.05, 0.1) is 6.54 Å². The number of carbonyl (C=O) groups is 1. The first-order valence-electron chi connectivity index (χ1n) is 8.01. The normalized spacial score (nSPS) is 15.0. The van der Waals surface area contributed by atoms with E-state index in [0.717, 1.165) is 11.3 Å². The van der Waals surface area contributed by atoms with Crippen molar-refractivity contribution in [3.05, 3.63) is 41.5 Å². The minimum atomic E-state index is -4.67. The summed E-state index contributed by atoms with van der Waals surface area (Å²) in [6, 6.07) is 7.63. The highest BCUT2D eigenvalue weighted by Gasteiger charge is 2.38. The van der Waals surface area contributed by atoms with Crippen LogP contribution in [0.1, 0.15) is 17.3 Å². The zero-order valence-corrected chi connectivity index (χ0v) is 13.8. The number of ether oxygens (including phenoxy) is 1. The Morgan fingerprint density at radius 2 is 2.12 bits per heavy atom. The Morgan fingerprint density at radius 3 is 2.88 bits per heavy atom. The van der Waals surface area contributed by atoms with Gasteiger partial charge in [-0.15, -0.1) is 0 Å². The number of para-hydroxylation sites is 1. The van der Waals surface area contributed by atoms with Crippen molar-refractivity contribution in [3.63, 3.8) is 0 Å². The number of amides is 1. The van der Waals surface area contributed by atoms with Gasteiger partial charge in [0.15, 0.2) is 5.82 Å². The SMILES string of the molecule is O=C(CN1CCOc2ccccc2C1)NCCc1noc(C(F)(F)F)n1. The minimum Gasteiger partial charge on any atom is -0.492 e. The van der Waals surface area contributed by atoms with Crippen LogP contribution in [0.3, 0.4) is 0 Å². The van der Waals surface area contributed by atoms with Crippen LogP contribution in [0.15, 0.2) is 28.8 Å². The Bertz CT molecular complexity index is 763. The second-order valence-corrected chi connectivity index (χ2v) is 5.78. The van der Waals surface area contributed by atoms with Gasteiger partial charge >= 0.3 is 12.1 Å². The molecule has 1 N–H and O–H groups in total. The molecule has 1 aliphatic rings. The second kappa shape index (κ2) is 7.73. The monoisotopic (exact) mass is 370 g/mol. The summed E-state index contributed by atoms with van der Waals surface area (Å²) in [5.41, 5.74) is 1.00. The Balaban J connectivity index is 1.45. The summed E-state index contributed by atoms with van der Waals surface area (Å²) in [6.07, 6.45) is -4.61. The number of rotatable bonds is 5. The van der Waals surface area contributed by atoms with Crippen LogP contribution in [-0.4, -0.2) is 47.2 Å². The van der Waals surface area contributed by atoms with Crippen LogP contribution < -0.4 is 10.1 Å². The van der Waals surface area contributed by atoms with Crippen molar-refractivity contribution in [1.29, 1.82) is 0 Å². The lowest BCUT2D eigenvalue weighted by atomic mass is 10.2. The molecule has 1 aromatic carbocycles. The molecule has 10 heteroatoms. The van der Waals surface area contributed by atoms with E-state index in [-0.39, 0.29) is 31.2 Å². The molecule has 2 aromatic rings. The fourth-order valence-corrected chi connectivity index (χ4v) is 2.56. The van der Waals surface area contributed by atoms with Gasteiger partial charge in [0.25, 0.3) is 0 Å². The van der Waals surface area contributed by atoms with Gasteiger partial charge < -0.3 is 14.6 Å². The van der Waals surface area contributed by atoms with Gasteiger partial charge in [-0.1, -0.05) is 23.4 Å². The number of halogens is 3. The van der Waals surface area contributed by atoms with E-state index < -0.39 is 12.1 Å². The number of carbonyl (C=O) groups excluding carboxylic acids is 1. The zero-order chi connectivity index (χ0) is 18.6. The molecule has 140 valence electrons. The van der Waals surface area contributed by atoms with E-state index in [1.54, 1.807) is 0 Å². The lowest BCUT2D eigenvalue weighted by molar-refractivity contribution is -0.159. The summed E-state index contributed by atoms with van der Waals surface area (Å²) in [6.45, 7) is 1.95. The molecule has 2 heterocycles. The van der Waals surface area contributed by atoms with Crippen molar-refractivity contribution in [2.75, 3.05) is 26.2 Å². The molecule has 7 nitrogen and oxygen atoms in total. The number of alkyl halides is 3. The third-order valence-electron chi connectivity index (χ3n) is 3.78. The predicted octanol–water partition coefficient (Wildman–Crippen LogP) is 1.64. The molecular weight excluding hydrogens is 353 g/mol. The maximum atomic E-state index is 12.4. The first-order valence-corrected chi connectivity index (χ1v) is 8.01. The van der Waals surface area contributed by atoms with Crippen molar-refractivity contribution >= 4 is 5.91 Å². The van der Waals surface area contributed by atoms with E-state index in [4.69, 9.17) is 4.74 Å². The Hall–Kier alpha value is -2.62. The Labute approximate surface area is 147 Å². The van der Waals surface area contributed by atoms with Crippen molar-refractivity contribution < 1.29 is 27.2 Å². The maximum absolute atomic E-state index is 12.4. The summed E-state index contributed by atoms with van der Waals surface area (Å²) in [4.78, 5) is 17.2. The summed E-state index contributed by atoms with van der Waals surface area (Å²) < 4.78 is 46.9. The third-order valence-corrected chi connectivity index (χ3v) is 3.78. The molecule has 0 radical (unpaired) electrons. The lowest BCUT2D eigenvalue weighted by Gasteiger charge is -2.18. The van der Waals surface area contributed by atoms with E-state index in [2.05, 4.69) is 20.0 Å². The Morgan fingerprint density at radius 1 is 1.31 bits per heavy atom. The number of benzene rings is 1. The zero-order valence-electron chi connectivity index (χ0n) is 13.8. The van der Waals surface area contributed by atoms with E-state index in [1.807, 2.05) is 29.2 Å². The van der Waals surface area contributed by atoms with Gasteiger partial charge in [-0.25, -0.2) is 0 Å². The Kier molecular flexibility index (Phi) is 5.40. The summed E-state index contributed by atoms with van der Waals surface area (Å²) in [7, 11) is 0. The average molecular weight is 370 g/mol. The van der Waals surface area contributed by atoms with Crippen molar-refractivity contribution in [1.82, 2.24) is 20.4 Å². The van der Waals surface area contributed by atoms with Gasteiger partial charge in [-0.2, -0.15) is 18.2 Å². The molecule has 1 aliphatic heterocycles. The van der Waals surface area contributed by atoms with Crippen LogP contribution in [0.2, 0.25) is 0 Å². The molecule has 3 rings (SSSR count). The molecule has 0 saturated heterocycles. The molecule has 1 amide bonds. The largest absolute Gasteiger partial charge is 0.492 e. The molecule has 0 spiro atoms. The number of nitrogens with zero attached hydrogens (tertiary/aromatic N) is 3. The highest BCUT2D eigenvalue weighted by atomic mass is 19.4. The minimum absolute atomic E-state index is 0.0528. The number of hydrogen-bond donors (Lipinski definition) is 1. The molecule has 26 heavy (non-hydrogen) atoms. The van der Waals surface area contributed by atoms with Crippen LogP contribution in [-0.2, 0) is 23.9 Å². The molecular formula is C16H17F3N4O3. The van der Waals surface area contributed by atoms with Crippen LogP contribution in [0.5, 0.6) is 5.75 Å². The fourth-order valence-electron chi connectivity index (χ4n) is 2.56. The van der Waals surface area contributed by atoms with Crippen molar-refractivity contribution in [2.45, 2.75) is 19.1 Å². The fraction of sp³-hybridized carbons (Fsp3) is 0.438. The molecule has 0 atom stereocenters. The summed E-state index contributed by atoms with van der Waals surface area (Å²) >= 11 is 0. The molecule has 0 unspecified atom stereocenters. The van der Waals surface area contributed by atoms with E-state index >= 15 is 0 Å². The second-order valence-electron chi connectivity index (χ2n) is 5.78. The van der Waals surface area contributed by atoms with Crippen LogP contribution in [0.4, 0.5) is 13.2 Å². The standard InChI is InChI=1S/C16H17F3N4O3/c17-16(18,19)15-21-13(22-26-15)5-6-20-14(24)10-23-7-8-25-12-4-2-1-3-11(12)9-23/h1-4H,5-10H2,(H,20,24). The van der Waals surface area contributed by atoms with Gasteiger partial charge in [-0.3, -0.25) is 9.69 Å². The number of aromatic nitrogens is 2. The van der Waals surface area contributed by atoms with Crippen LogP contribution in [0.25, 0.3) is 0 Å². The van der Waals surface area contributed by atoms with E-state index in [0.29, 0.717) is 19.7 Å². The van der Waals surface area contributed by atoms with E-state index in [9.17, 15) is 18.0 Å². The van der Waals surface area contributed by atoms with E-state index in [1.165, 1.54) is 0 Å². The molecule has 0 fully saturated rings. The first-order chi connectivity index (χ1) is 12.4. The van der Waals surface area contributed by atoms with Gasteiger partial charge in [0.2, 0.25) is 5.91 Å². The predicted molar refractivity (Wildman–Crippen MR) is 83.2 cm³/mol. The lowest BCUT2D eigenvalue weighted by Crippen LogP contribution is -2.38. The van der Waals surface area contributed by atoms with Crippen LogP contribution >= 0.6 is 0 Å². The van der Waals surface area contributed by atoms with Crippen molar-refractivity contribution in [3.8, 4) is 5.75 Å². The number of fused-ring (bicyclic) bond motifs is 1. The molecule has 0 aliphatic carbocycles. The summed E-state index contributed by atoms with van der Waals surface area (Å²) in [5.74, 6) is -0.909. The highest BCUT2D eigenvalue weighted by molar-refractivity contribution is 5.78. The molecule has 0 bridgehead atoms. The maximum Gasteiger partial charge on any atom is 0.471 e. The molecule has 1 aromatic heterocycles. The van der Waals surface area contributed by atoms with Crippen LogP contribution in [0, 0.1) is 0 Å². The highest BCUT2D eigenvalue weighted by Crippen LogP contribution is 2.27. The van der Waals surface area contributed by atoms with Crippen molar-refractivity contribution in [2.24, 2.45) is 0 Å². The summed E-state index contributed by atoms with van der Waals surface area (Å²) in [5, 5.41) is 5.89. The first kappa shape index (κ1) is 18.2. The van der Waals surface area contributed by atoms with Gasteiger partial charge in [0.1, 0.15) is 12.4 Å². The number of nitrogens with one attached hydrogen (secondary N) is 1. The third kappa shape index (κ3) is 4.72. The quantitative estimate of drug-likeness (QED) is 0.862.